The van der Waals surface area contributed by atoms with E-state index in [0.717, 1.165) is 4.47 Å². The summed E-state index contributed by atoms with van der Waals surface area (Å²) in [6.07, 6.45) is 2.49. The first kappa shape index (κ1) is 13.3. The zero-order valence-corrected chi connectivity index (χ0v) is 11.9. The molecule has 0 saturated heterocycles. The molecular weight excluding hydrogens is 318 g/mol. The van der Waals surface area contributed by atoms with E-state index in [9.17, 15) is 5.11 Å². The SMILES string of the molecule is CC(O)c1ccc(Br)cc1Oc1cncc(Cl)c1. The van der Waals surface area contributed by atoms with Crippen molar-refractivity contribution in [1.29, 1.82) is 0 Å². The van der Waals surface area contributed by atoms with Gasteiger partial charge in [-0.1, -0.05) is 33.6 Å². The summed E-state index contributed by atoms with van der Waals surface area (Å²) in [7, 11) is 0. The van der Waals surface area contributed by atoms with Crippen LogP contribution in [0.1, 0.15) is 18.6 Å². The number of ether oxygens (including phenoxy) is 1. The van der Waals surface area contributed by atoms with Gasteiger partial charge in [-0.25, -0.2) is 0 Å². The van der Waals surface area contributed by atoms with Gasteiger partial charge in [0.15, 0.2) is 0 Å². The molecule has 1 N–H and O–H groups in total. The number of hydrogen-bond donors (Lipinski definition) is 1. The lowest BCUT2D eigenvalue weighted by molar-refractivity contribution is 0.195. The molecule has 0 aliphatic carbocycles. The normalized spacial score (nSPS) is 12.2. The van der Waals surface area contributed by atoms with Crippen LogP contribution in [0.2, 0.25) is 5.02 Å². The van der Waals surface area contributed by atoms with Crippen molar-refractivity contribution >= 4 is 27.5 Å². The number of nitrogens with zero attached hydrogens (tertiary/aromatic N) is 1. The van der Waals surface area contributed by atoms with Gasteiger partial charge in [0.25, 0.3) is 0 Å². The van der Waals surface area contributed by atoms with Gasteiger partial charge in [-0.3, -0.25) is 4.98 Å². The van der Waals surface area contributed by atoms with Gasteiger partial charge in [-0.05, 0) is 19.1 Å². The summed E-state index contributed by atoms with van der Waals surface area (Å²) in [5.41, 5.74) is 0.707. The van der Waals surface area contributed by atoms with Gasteiger partial charge in [0.05, 0.1) is 17.3 Å². The van der Waals surface area contributed by atoms with Gasteiger partial charge >= 0.3 is 0 Å². The average Bonchev–Trinajstić information content (AvgIpc) is 2.28. The minimum absolute atomic E-state index is 0.501. The fourth-order valence-electron chi connectivity index (χ4n) is 1.52. The van der Waals surface area contributed by atoms with Gasteiger partial charge in [0.1, 0.15) is 11.5 Å². The molecule has 3 nitrogen and oxygen atoms in total. The number of aromatic nitrogens is 1. The fourth-order valence-corrected chi connectivity index (χ4v) is 2.02. The highest BCUT2D eigenvalue weighted by Gasteiger charge is 2.11. The molecule has 18 heavy (non-hydrogen) atoms. The molecule has 0 radical (unpaired) electrons. The molecule has 5 heteroatoms. The van der Waals surface area contributed by atoms with E-state index in [0.29, 0.717) is 22.1 Å². The van der Waals surface area contributed by atoms with Crippen LogP contribution >= 0.6 is 27.5 Å². The summed E-state index contributed by atoms with van der Waals surface area (Å²) < 4.78 is 6.57. The summed E-state index contributed by atoms with van der Waals surface area (Å²) in [5, 5.41) is 10.2. The maximum Gasteiger partial charge on any atom is 0.147 e. The van der Waals surface area contributed by atoms with Crippen LogP contribution < -0.4 is 4.74 Å². The molecule has 0 bridgehead atoms. The van der Waals surface area contributed by atoms with Crippen LogP contribution in [0.3, 0.4) is 0 Å². The third kappa shape index (κ3) is 3.22. The first-order valence-corrected chi connectivity index (χ1v) is 6.49. The van der Waals surface area contributed by atoms with Crippen molar-refractivity contribution in [2.24, 2.45) is 0 Å². The second kappa shape index (κ2) is 5.69. The van der Waals surface area contributed by atoms with E-state index < -0.39 is 6.10 Å². The third-order valence-electron chi connectivity index (χ3n) is 2.33. The molecule has 0 spiro atoms. The van der Waals surface area contributed by atoms with E-state index in [4.69, 9.17) is 16.3 Å². The van der Waals surface area contributed by atoms with Gasteiger partial charge in [0.2, 0.25) is 0 Å². The van der Waals surface area contributed by atoms with Crippen molar-refractivity contribution in [2.45, 2.75) is 13.0 Å². The predicted molar refractivity (Wildman–Crippen MR) is 74.1 cm³/mol. The molecule has 1 heterocycles. The average molecular weight is 329 g/mol. The molecule has 1 aromatic heterocycles. The van der Waals surface area contributed by atoms with Crippen LogP contribution in [-0.4, -0.2) is 10.1 Å². The number of aliphatic hydroxyl groups excluding tert-OH is 1. The number of aliphatic hydroxyl groups is 1. The summed E-state index contributed by atoms with van der Waals surface area (Å²) in [6.45, 7) is 1.69. The third-order valence-corrected chi connectivity index (χ3v) is 3.03. The Morgan fingerprint density at radius 2 is 2.11 bits per heavy atom. The molecule has 0 amide bonds. The van der Waals surface area contributed by atoms with Crippen molar-refractivity contribution < 1.29 is 9.84 Å². The Kier molecular flexibility index (Phi) is 4.22. The Labute approximate surface area is 119 Å². The van der Waals surface area contributed by atoms with E-state index in [1.807, 2.05) is 12.1 Å². The van der Waals surface area contributed by atoms with Crippen molar-refractivity contribution in [1.82, 2.24) is 4.98 Å². The first-order valence-electron chi connectivity index (χ1n) is 5.32. The number of pyridine rings is 1. The molecule has 0 aliphatic rings. The largest absolute Gasteiger partial charge is 0.455 e. The van der Waals surface area contributed by atoms with Crippen LogP contribution in [0.15, 0.2) is 41.1 Å². The molecular formula is C13H11BrClNO2. The highest BCUT2D eigenvalue weighted by molar-refractivity contribution is 9.10. The van der Waals surface area contributed by atoms with Crippen LogP contribution in [-0.2, 0) is 0 Å². The van der Waals surface area contributed by atoms with Crippen LogP contribution in [0.4, 0.5) is 0 Å². The van der Waals surface area contributed by atoms with Gasteiger partial charge in [-0.2, -0.15) is 0 Å². The fraction of sp³-hybridized carbons (Fsp3) is 0.154. The molecule has 94 valence electrons. The van der Waals surface area contributed by atoms with Crippen LogP contribution in [0.5, 0.6) is 11.5 Å². The molecule has 2 aromatic rings. The van der Waals surface area contributed by atoms with E-state index in [2.05, 4.69) is 20.9 Å². The Bertz CT molecular complexity index is 560. The minimum Gasteiger partial charge on any atom is -0.455 e. The van der Waals surface area contributed by atoms with E-state index in [1.165, 1.54) is 6.20 Å². The second-order valence-electron chi connectivity index (χ2n) is 3.80. The van der Waals surface area contributed by atoms with Gasteiger partial charge in [0, 0.05) is 22.3 Å². The molecule has 0 saturated carbocycles. The van der Waals surface area contributed by atoms with Crippen molar-refractivity contribution in [3.63, 3.8) is 0 Å². The van der Waals surface area contributed by atoms with Crippen molar-refractivity contribution in [2.75, 3.05) is 0 Å². The predicted octanol–water partition coefficient (Wildman–Crippen LogP) is 4.34. The Hall–Kier alpha value is -1.10. The maximum absolute atomic E-state index is 9.69. The molecule has 1 aromatic carbocycles. The van der Waals surface area contributed by atoms with E-state index >= 15 is 0 Å². The zero-order chi connectivity index (χ0) is 13.1. The maximum atomic E-state index is 9.69. The molecule has 1 atom stereocenters. The highest BCUT2D eigenvalue weighted by Crippen LogP contribution is 2.32. The molecule has 2 rings (SSSR count). The first-order chi connectivity index (χ1) is 8.56. The second-order valence-corrected chi connectivity index (χ2v) is 5.15. The summed E-state index contributed by atoms with van der Waals surface area (Å²) in [5.74, 6) is 1.10. The lowest BCUT2D eigenvalue weighted by atomic mass is 10.1. The number of rotatable bonds is 3. The quantitative estimate of drug-likeness (QED) is 0.911. The van der Waals surface area contributed by atoms with Crippen molar-refractivity contribution in [3.8, 4) is 11.5 Å². The molecule has 1 unspecified atom stereocenters. The molecule has 0 aliphatic heterocycles. The Morgan fingerprint density at radius 1 is 1.33 bits per heavy atom. The monoisotopic (exact) mass is 327 g/mol. The van der Waals surface area contributed by atoms with E-state index in [-0.39, 0.29) is 0 Å². The lowest BCUT2D eigenvalue weighted by Crippen LogP contribution is -1.96. The Morgan fingerprint density at radius 3 is 2.78 bits per heavy atom. The number of halogens is 2. The number of hydrogen-bond acceptors (Lipinski definition) is 3. The summed E-state index contributed by atoms with van der Waals surface area (Å²) in [6, 6.07) is 7.12. The van der Waals surface area contributed by atoms with Crippen LogP contribution in [0, 0.1) is 0 Å². The van der Waals surface area contributed by atoms with Gasteiger partial charge in [-0.15, -0.1) is 0 Å². The lowest BCUT2D eigenvalue weighted by Gasteiger charge is -2.13. The summed E-state index contributed by atoms with van der Waals surface area (Å²) in [4.78, 5) is 3.95. The molecule has 0 fully saturated rings. The van der Waals surface area contributed by atoms with Crippen molar-refractivity contribution in [3.05, 3.63) is 51.7 Å². The van der Waals surface area contributed by atoms with Gasteiger partial charge < -0.3 is 9.84 Å². The standard InChI is InChI=1S/C13H11BrClNO2/c1-8(17)12-3-2-9(14)4-13(12)18-11-5-10(15)6-16-7-11/h2-8,17H,1H3. The highest BCUT2D eigenvalue weighted by atomic mass is 79.9. The van der Waals surface area contributed by atoms with E-state index in [1.54, 1.807) is 25.3 Å². The van der Waals surface area contributed by atoms with Crippen LogP contribution in [0.25, 0.3) is 0 Å². The summed E-state index contributed by atoms with van der Waals surface area (Å²) >= 11 is 9.21. The number of benzene rings is 1. The smallest absolute Gasteiger partial charge is 0.147 e. The Balaban J connectivity index is 2.36. The zero-order valence-electron chi connectivity index (χ0n) is 9.60. The topological polar surface area (TPSA) is 42.4 Å². The minimum atomic E-state index is -0.611.